The number of anilines is 1. The third-order valence-electron chi connectivity index (χ3n) is 1.93. The van der Waals surface area contributed by atoms with Crippen molar-refractivity contribution in [2.45, 2.75) is 13.3 Å². The highest BCUT2D eigenvalue weighted by molar-refractivity contribution is 5.74. The van der Waals surface area contributed by atoms with Gasteiger partial charge in [0.05, 0.1) is 0 Å². The van der Waals surface area contributed by atoms with Gasteiger partial charge >= 0.3 is 0 Å². The third-order valence-corrected chi connectivity index (χ3v) is 1.93. The van der Waals surface area contributed by atoms with Crippen LogP contribution in [0.4, 0.5) is 5.69 Å². The van der Waals surface area contributed by atoms with Gasteiger partial charge in [-0.25, -0.2) is 0 Å². The van der Waals surface area contributed by atoms with E-state index in [0.717, 1.165) is 23.4 Å². The molecule has 1 aromatic carbocycles. The fourth-order valence-corrected chi connectivity index (χ4v) is 1.28. The van der Waals surface area contributed by atoms with Gasteiger partial charge in [0.25, 0.3) is 0 Å². The maximum absolute atomic E-state index is 5.90. The van der Waals surface area contributed by atoms with E-state index < -0.39 is 0 Å². The zero-order chi connectivity index (χ0) is 9.68. The Morgan fingerprint density at radius 1 is 1.46 bits per heavy atom. The average Bonchev–Trinajstić information content (AvgIpc) is 2.18. The van der Waals surface area contributed by atoms with E-state index in [1.54, 1.807) is 0 Å². The molecule has 0 saturated heterocycles. The molecule has 0 aliphatic heterocycles. The number of rotatable bonds is 3. The largest absolute Gasteiger partial charge is 0.398 e. The first-order valence-corrected chi connectivity index (χ1v) is 4.52. The molecule has 0 unspecified atom stereocenters. The summed E-state index contributed by atoms with van der Waals surface area (Å²) >= 11 is 0. The van der Waals surface area contributed by atoms with Gasteiger partial charge < -0.3 is 11.1 Å². The van der Waals surface area contributed by atoms with Crippen molar-refractivity contribution in [2.24, 2.45) is 5.73 Å². The zero-order valence-electron chi connectivity index (χ0n) is 8.17. The predicted octanol–water partition coefficient (Wildman–Crippen LogP) is 2.44. The molecule has 0 amide bonds. The monoisotopic (exact) mass is 176 g/mol. The summed E-state index contributed by atoms with van der Waals surface area (Å²) in [5.41, 5.74) is 8.89. The second kappa shape index (κ2) is 4.55. The van der Waals surface area contributed by atoms with Gasteiger partial charge in [-0.05, 0) is 12.5 Å². The van der Waals surface area contributed by atoms with Crippen LogP contribution in [0.5, 0.6) is 0 Å². The topological polar surface area (TPSA) is 38.0 Å². The Morgan fingerprint density at radius 2 is 2.15 bits per heavy atom. The molecule has 2 heteroatoms. The molecule has 2 nitrogen and oxygen atoms in total. The summed E-state index contributed by atoms with van der Waals surface area (Å²) in [6.45, 7) is 2.08. The molecule has 0 aromatic heterocycles. The fourth-order valence-electron chi connectivity index (χ4n) is 1.28. The van der Waals surface area contributed by atoms with Crippen molar-refractivity contribution >= 4 is 11.4 Å². The summed E-state index contributed by atoms with van der Waals surface area (Å²) in [5.74, 6) is 0. The van der Waals surface area contributed by atoms with Crippen LogP contribution in [0.1, 0.15) is 18.9 Å². The molecular formula is C11H16N2. The van der Waals surface area contributed by atoms with Crippen molar-refractivity contribution in [1.82, 2.24) is 0 Å². The smallest absolute Gasteiger partial charge is 0.0431 e. The second-order valence-electron chi connectivity index (χ2n) is 2.86. The highest BCUT2D eigenvalue weighted by Crippen LogP contribution is 2.19. The second-order valence-corrected chi connectivity index (χ2v) is 2.86. The van der Waals surface area contributed by atoms with Crippen LogP contribution in [-0.4, -0.2) is 7.05 Å². The lowest BCUT2D eigenvalue weighted by molar-refractivity contribution is 1.22. The maximum atomic E-state index is 5.90. The first-order valence-electron chi connectivity index (χ1n) is 4.52. The van der Waals surface area contributed by atoms with Crippen molar-refractivity contribution < 1.29 is 0 Å². The van der Waals surface area contributed by atoms with Crippen LogP contribution >= 0.6 is 0 Å². The van der Waals surface area contributed by atoms with Gasteiger partial charge in [-0.1, -0.05) is 31.2 Å². The van der Waals surface area contributed by atoms with E-state index in [1.165, 1.54) is 0 Å². The van der Waals surface area contributed by atoms with Crippen molar-refractivity contribution in [3.05, 3.63) is 35.9 Å². The van der Waals surface area contributed by atoms with Crippen molar-refractivity contribution in [3.8, 4) is 0 Å². The first kappa shape index (κ1) is 9.65. The molecule has 0 aliphatic rings. The summed E-state index contributed by atoms with van der Waals surface area (Å²) in [5, 5.41) is 3.11. The maximum Gasteiger partial charge on any atom is 0.0431 e. The number of para-hydroxylation sites is 1. The lowest BCUT2D eigenvalue weighted by Gasteiger charge is -2.08. The number of hydrogen-bond donors (Lipinski definition) is 2. The van der Waals surface area contributed by atoms with Crippen LogP contribution in [0.3, 0.4) is 0 Å². The molecule has 13 heavy (non-hydrogen) atoms. The van der Waals surface area contributed by atoms with E-state index in [-0.39, 0.29) is 0 Å². The molecule has 0 bridgehead atoms. The number of benzene rings is 1. The molecule has 3 N–H and O–H groups in total. The average molecular weight is 176 g/mol. The quantitative estimate of drug-likeness (QED) is 0.742. The molecule has 0 radical (unpaired) electrons. The summed E-state index contributed by atoms with van der Waals surface area (Å²) in [6.07, 6.45) is 2.99. The van der Waals surface area contributed by atoms with Gasteiger partial charge in [0.15, 0.2) is 0 Å². The molecule has 70 valence electrons. The minimum atomic E-state index is 0.840. The number of allylic oxidation sites excluding steroid dienone is 1. The minimum Gasteiger partial charge on any atom is -0.398 e. The Morgan fingerprint density at radius 3 is 2.77 bits per heavy atom. The SMILES string of the molecule is CC/C=C(/N)c1ccccc1NC. The van der Waals surface area contributed by atoms with Crippen LogP contribution in [0.25, 0.3) is 5.70 Å². The van der Waals surface area contributed by atoms with Crippen LogP contribution < -0.4 is 11.1 Å². The van der Waals surface area contributed by atoms with Crippen LogP contribution in [-0.2, 0) is 0 Å². The Kier molecular flexibility index (Phi) is 3.38. The number of hydrogen-bond acceptors (Lipinski definition) is 2. The van der Waals surface area contributed by atoms with Crippen molar-refractivity contribution in [1.29, 1.82) is 0 Å². The number of nitrogens with one attached hydrogen (secondary N) is 1. The van der Waals surface area contributed by atoms with Gasteiger partial charge in [-0.2, -0.15) is 0 Å². The van der Waals surface area contributed by atoms with E-state index in [0.29, 0.717) is 0 Å². The van der Waals surface area contributed by atoms with Crippen molar-refractivity contribution in [2.75, 3.05) is 12.4 Å². The van der Waals surface area contributed by atoms with E-state index in [2.05, 4.69) is 12.2 Å². The molecule has 1 rings (SSSR count). The molecule has 0 aliphatic carbocycles. The van der Waals surface area contributed by atoms with Crippen molar-refractivity contribution in [3.63, 3.8) is 0 Å². The van der Waals surface area contributed by atoms with Gasteiger partial charge in [0.1, 0.15) is 0 Å². The van der Waals surface area contributed by atoms with Crippen LogP contribution in [0.2, 0.25) is 0 Å². The van der Waals surface area contributed by atoms with E-state index in [9.17, 15) is 0 Å². The van der Waals surface area contributed by atoms with Crippen LogP contribution in [0.15, 0.2) is 30.3 Å². The van der Waals surface area contributed by atoms with Gasteiger partial charge in [-0.3, -0.25) is 0 Å². The Balaban J connectivity index is 3.05. The Labute approximate surface area is 79.5 Å². The number of nitrogens with two attached hydrogens (primary N) is 1. The summed E-state index contributed by atoms with van der Waals surface area (Å²) in [4.78, 5) is 0. The molecule has 0 fully saturated rings. The molecule has 0 atom stereocenters. The molecule has 0 spiro atoms. The lowest BCUT2D eigenvalue weighted by atomic mass is 10.1. The highest BCUT2D eigenvalue weighted by Gasteiger charge is 2.00. The Hall–Kier alpha value is -1.44. The third kappa shape index (κ3) is 2.25. The van der Waals surface area contributed by atoms with E-state index in [4.69, 9.17) is 5.73 Å². The minimum absolute atomic E-state index is 0.840. The summed E-state index contributed by atoms with van der Waals surface area (Å²) in [7, 11) is 1.90. The Bertz CT molecular complexity index is 303. The van der Waals surface area contributed by atoms with Gasteiger partial charge in [0.2, 0.25) is 0 Å². The molecule has 0 saturated carbocycles. The molecular weight excluding hydrogens is 160 g/mol. The molecule has 1 aromatic rings. The van der Waals surface area contributed by atoms with E-state index >= 15 is 0 Å². The van der Waals surface area contributed by atoms with Gasteiger partial charge in [-0.15, -0.1) is 0 Å². The predicted molar refractivity (Wildman–Crippen MR) is 58.4 cm³/mol. The first-order chi connectivity index (χ1) is 6.29. The fraction of sp³-hybridized carbons (Fsp3) is 0.273. The summed E-state index contributed by atoms with van der Waals surface area (Å²) in [6, 6.07) is 8.03. The highest BCUT2D eigenvalue weighted by atomic mass is 14.8. The van der Waals surface area contributed by atoms with Gasteiger partial charge in [0, 0.05) is 24.0 Å². The van der Waals surface area contributed by atoms with Crippen LogP contribution in [0, 0.1) is 0 Å². The molecule has 0 heterocycles. The summed E-state index contributed by atoms with van der Waals surface area (Å²) < 4.78 is 0. The zero-order valence-corrected chi connectivity index (χ0v) is 8.17. The van der Waals surface area contributed by atoms with E-state index in [1.807, 2.05) is 37.4 Å². The normalized spacial score (nSPS) is 11.4. The standard InChI is InChI=1S/C11H16N2/c1-3-6-10(12)9-7-4-5-8-11(9)13-2/h4-8,13H,3,12H2,1-2H3/b10-6+. The lowest BCUT2D eigenvalue weighted by Crippen LogP contribution is -2.00.